The van der Waals surface area contributed by atoms with Gasteiger partial charge in [-0.05, 0) is 18.6 Å². The van der Waals surface area contributed by atoms with E-state index in [1.54, 1.807) is 25.1 Å². The summed E-state index contributed by atoms with van der Waals surface area (Å²) in [7, 11) is 0. The van der Waals surface area contributed by atoms with Crippen LogP contribution in [0, 0.1) is 12.7 Å². The SMILES string of the molecule is C=CCSc1nnc(NCC(=O)c2ccc(C)c(F)c2)s1. The van der Waals surface area contributed by atoms with Crippen molar-refractivity contribution in [3.05, 3.63) is 47.8 Å². The summed E-state index contributed by atoms with van der Waals surface area (Å²) in [6, 6.07) is 4.47. The average molecular weight is 323 g/mol. The van der Waals surface area contributed by atoms with Crippen molar-refractivity contribution in [1.82, 2.24) is 10.2 Å². The molecule has 21 heavy (non-hydrogen) atoms. The molecule has 7 heteroatoms. The van der Waals surface area contributed by atoms with Gasteiger partial charge < -0.3 is 5.32 Å². The lowest BCUT2D eigenvalue weighted by molar-refractivity contribution is 0.101. The number of carbonyl (C=O) groups is 1. The van der Waals surface area contributed by atoms with Gasteiger partial charge in [0.1, 0.15) is 5.82 Å². The number of thioether (sulfide) groups is 1. The zero-order valence-corrected chi connectivity index (χ0v) is 13.1. The van der Waals surface area contributed by atoms with Gasteiger partial charge in [0, 0.05) is 11.3 Å². The van der Waals surface area contributed by atoms with Gasteiger partial charge in [-0.15, -0.1) is 16.8 Å². The molecular formula is C14H14FN3OS2. The van der Waals surface area contributed by atoms with Crippen LogP contribution in [0.3, 0.4) is 0 Å². The van der Waals surface area contributed by atoms with Gasteiger partial charge in [-0.2, -0.15) is 0 Å². The van der Waals surface area contributed by atoms with Crippen LogP contribution in [-0.2, 0) is 0 Å². The first-order chi connectivity index (χ1) is 10.1. The number of anilines is 1. The zero-order chi connectivity index (χ0) is 15.2. The van der Waals surface area contributed by atoms with Gasteiger partial charge in [0.05, 0.1) is 6.54 Å². The molecule has 0 spiro atoms. The van der Waals surface area contributed by atoms with Crippen LogP contribution in [0.1, 0.15) is 15.9 Å². The van der Waals surface area contributed by atoms with Gasteiger partial charge in [-0.1, -0.05) is 41.3 Å². The number of hydrogen-bond donors (Lipinski definition) is 1. The Morgan fingerprint density at radius 2 is 2.33 bits per heavy atom. The highest BCUT2D eigenvalue weighted by atomic mass is 32.2. The molecule has 1 aromatic heterocycles. The van der Waals surface area contributed by atoms with E-state index in [1.165, 1.54) is 29.2 Å². The smallest absolute Gasteiger partial charge is 0.206 e. The van der Waals surface area contributed by atoms with Crippen LogP contribution in [0.2, 0.25) is 0 Å². The quantitative estimate of drug-likeness (QED) is 0.480. The summed E-state index contributed by atoms with van der Waals surface area (Å²) in [5.74, 6) is 0.195. The minimum absolute atomic E-state index is 0.0588. The van der Waals surface area contributed by atoms with Crippen molar-refractivity contribution in [3.63, 3.8) is 0 Å². The predicted molar refractivity (Wildman–Crippen MR) is 84.8 cm³/mol. The number of aromatic nitrogens is 2. The number of Topliss-reactive ketones (excluding diaryl/α,β-unsaturated/α-hetero) is 1. The van der Waals surface area contributed by atoms with Crippen molar-refractivity contribution in [1.29, 1.82) is 0 Å². The molecule has 0 saturated heterocycles. The van der Waals surface area contributed by atoms with E-state index in [0.717, 1.165) is 10.1 Å². The van der Waals surface area contributed by atoms with Crippen LogP contribution in [0.25, 0.3) is 0 Å². The Labute approximate surface area is 130 Å². The van der Waals surface area contributed by atoms with Gasteiger partial charge in [-0.3, -0.25) is 4.79 Å². The van der Waals surface area contributed by atoms with Crippen molar-refractivity contribution in [2.75, 3.05) is 17.6 Å². The first-order valence-electron chi connectivity index (χ1n) is 6.20. The first kappa shape index (κ1) is 15.7. The Balaban J connectivity index is 1.92. The van der Waals surface area contributed by atoms with Gasteiger partial charge in [0.15, 0.2) is 10.1 Å². The van der Waals surface area contributed by atoms with E-state index in [4.69, 9.17) is 0 Å². The lowest BCUT2D eigenvalue weighted by Gasteiger charge is -2.03. The number of nitrogens with zero attached hydrogens (tertiary/aromatic N) is 2. The topological polar surface area (TPSA) is 54.9 Å². The molecule has 0 fully saturated rings. The number of carbonyl (C=O) groups excluding carboxylic acids is 1. The van der Waals surface area contributed by atoms with E-state index in [-0.39, 0.29) is 18.1 Å². The normalized spacial score (nSPS) is 10.4. The monoisotopic (exact) mass is 323 g/mol. The molecule has 0 saturated carbocycles. The molecule has 110 valence electrons. The van der Waals surface area contributed by atoms with E-state index >= 15 is 0 Å². The van der Waals surface area contributed by atoms with Crippen molar-refractivity contribution < 1.29 is 9.18 Å². The Hall–Kier alpha value is -1.73. The summed E-state index contributed by atoms with van der Waals surface area (Å²) in [5.41, 5.74) is 0.865. The summed E-state index contributed by atoms with van der Waals surface area (Å²) in [4.78, 5) is 12.0. The highest BCUT2D eigenvalue weighted by Gasteiger charge is 2.10. The van der Waals surface area contributed by atoms with Crippen LogP contribution >= 0.6 is 23.1 Å². The molecule has 0 aliphatic heterocycles. The second-order valence-corrected chi connectivity index (χ2v) is 6.46. The molecule has 1 aromatic carbocycles. The molecule has 0 amide bonds. The third-order valence-corrected chi connectivity index (χ3v) is 4.64. The molecule has 0 aliphatic rings. The van der Waals surface area contributed by atoms with Crippen LogP contribution in [-0.4, -0.2) is 28.3 Å². The number of benzene rings is 1. The second-order valence-electron chi connectivity index (χ2n) is 4.21. The van der Waals surface area contributed by atoms with Gasteiger partial charge in [0.25, 0.3) is 0 Å². The number of rotatable bonds is 7. The van der Waals surface area contributed by atoms with E-state index in [1.807, 2.05) is 0 Å². The number of halogens is 1. The predicted octanol–water partition coefficient (Wildman–Crippen LogP) is 3.56. The molecule has 0 atom stereocenters. The Morgan fingerprint density at radius 3 is 3.05 bits per heavy atom. The van der Waals surface area contributed by atoms with E-state index < -0.39 is 0 Å². The molecule has 0 radical (unpaired) electrons. The number of hydrogen-bond acceptors (Lipinski definition) is 6. The highest BCUT2D eigenvalue weighted by molar-refractivity contribution is 8.01. The lowest BCUT2D eigenvalue weighted by Crippen LogP contribution is -2.14. The summed E-state index contributed by atoms with van der Waals surface area (Å²) >= 11 is 2.90. The average Bonchev–Trinajstić information content (AvgIpc) is 2.93. The van der Waals surface area contributed by atoms with Crippen molar-refractivity contribution in [2.24, 2.45) is 0 Å². The molecular weight excluding hydrogens is 309 g/mol. The van der Waals surface area contributed by atoms with Gasteiger partial charge in [0.2, 0.25) is 5.13 Å². The van der Waals surface area contributed by atoms with E-state index in [2.05, 4.69) is 22.1 Å². The maximum Gasteiger partial charge on any atom is 0.206 e. The number of ketones is 1. The molecule has 1 heterocycles. The Bertz CT molecular complexity index is 657. The highest BCUT2D eigenvalue weighted by Crippen LogP contribution is 2.25. The van der Waals surface area contributed by atoms with Crippen LogP contribution in [0.15, 0.2) is 35.2 Å². The molecule has 4 nitrogen and oxygen atoms in total. The lowest BCUT2D eigenvalue weighted by atomic mass is 10.1. The fourth-order valence-corrected chi connectivity index (χ4v) is 3.00. The molecule has 0 bridgehead atoms. The molecule has 2 rings (SSSR count). The molecule has 2 aromatic rings. The Morgan fingerprint density at radius 1 is 1.52 bits per heavy atom. The third-order valence-electron chi connectivity index (χ3n) is 2.63. The van der Waals surface area contributed by atoms with Crippen molar-refractivity contribution >= 4 is 34.0 Å². The molecule has 0 aliphatic carbocycles. The minimum Gasteiger partial charge on any atom is -0.353 e. The fourth-order valence-electron chi connectivity index (χ4n) is 1.49. The summed E-state index contributed by atoms with van der Waals surface area (Å²) < 4.78 is 14.2. The maximum atomic E-state index is 13.4. The van der Waals surface area contributed by atoms with Gasteiger partial charge in [-0.25, -0.2) is 4.39 Å². The summed E-state index contributed by atoms with van der Waals surface area (Å²) in [5, 5.41) is 11.4. The zero-order valence-electron chi connectivity index (χ0n) is 11.4. The first-order valence-corrected chi connectivity index (χ1v) is 8.01. The van der Waals surface area contributed by atoms with E-state index in [9.17, 15) is 9.18 Å². The maximum absolute atomic E-state index is 13.4. The van der Waals surface area contributed by atoms with Gasteiger partial charge >= 0.3 is 0 Å². The largest absolute Gasteiger partial charge is 0.353 e. The van der Waals surface area contributed by atoms with Crippen LogP contribution in [0.5, 0.6) is 0 Å². The molecule has 0 unspecified atom stereocenters. The second kappa shape index (κ2) is 7.33. The van der Waals surface area contributed by atoms with Crippen LogP contribution in [0.4, 0.5) is 9.52 Å². The number of nitrogens with one attached hydrogen (secondary N) is 1. The summed E-state index contributed by atoms with van der Waals surface area (Å²) in [6.45, 7) is 5.35. The Kier molecular flexibility index (Phi) is 5.46. The van der Waals surface area contributed by atoms with Crippen LogP contribution < -0.4 is 5.32 Å². The third kappa shape index (κ3) is 4.37. The summed E-state index contributed by atoms with van der Waals surface area (Å²) in [6.07, 6.45) is 1.79. The van der Waals surface area contributed by atoms with Crippen molar-refractivity contribution in [3.8, 4) is 0 Å². The number of aryl methyl sites for hydroxylation is 1. The fraction of sp³-hybridized carbons (Fsp3) is 0.214. The standard InChI is InChI=1S/C14H14FN3OS2/c1-3-6-20-14-18-17-13(21-14)16-8-12(19)10-5-4-9(2)11(15)7-10/h3-5,7H,1,6,8H2,2H3,(H,16,17). The minimum atomic E-state index is -0.375. The van der Waals surface area contributed by atoms with Crippen molar-refractivity contribution in [2.45, 2.75) is 11.3 Å². The molecule has 1 N–H and O–H groups in total. The van der Waals surface area contributed by atoms with E-state index in [0.29, 0.717) is 16.3 Å².